The minimum absolute atomic E-state index is 0.00858. The molecule has 1 aliphatic heterocycles. The highest BCUT2D eigenvalue weighted by atomic mass is 32.2. The van der Waals surface area contributed by atoms with E-state index in [0.29, 0.717) is 31.1 Å². The summed E-state index contributed by atoms with van der Waals surface area (Å²) >= 11 is 0.530. The summed E-state index contributed by atoms with van der Waals surface area (Å²) in [6, 6.07) is 12.1. The minimum Gasteiger partial charge on any atom is -0.481 e. The Hall–Kier alpha value is -4.34. The van der Waals surface area contributed by atoms with Gasteiger partial charge in [0, 0.05) is 31.7 Å². The Morgan fingerprint density at radius 2 is 1.83 bits per heavy atom. The summed E-state index contributed by atoms with van der Waals surface area (Å²) in [5, 5.41) is -1.91. The third kappa shape index (κ3) is 7.97. The van der Waals surface area contributed by atoms with E-state index in [1.165, 1.54) is 27.4 Å². The fourth-order valence-corrected chi connectivity index (χ4v) is 7.17. The summed E-state index contributed by atoms with van der Waals surface area (Å²) in [6.07, 6.45) is 3.81. The number of benzene rings is 2. The van der Waals surface area contributed by atoms with E-state index >= 15 is 0 Å². The Balaban J connectivity index is 1.48. The molecule has 3 heterocycles. The van der Waals surface area contributed by atoms with Crippen LogP contribution in [0.2, 0.25) is 0 Å². The van der Waals surface area contributed by atoms with E-state index in [0.717, 1.165) is 24.0 Å². The number of ether oxygens (including phenoxy) is 2. The zero-order valence-corrected chi connectivity index (χ0v) is 27.5. The van der Waals surface area contributed by atoms with Crippen molar-refractivity contribution in [2.24, 2.45) is 0 Å². The first-order chi connectivity index (χ1) is 22.3. The average molecular weight is 685 g/mol. The zero-order valence-electron chi connectivity index (χ0n) is 25.9. The highest BCUT2D eigenvalue weighted by Crippen LogP contribution is 2.27. The molecule has 0 aliphatic carbocycles. The van der Waals surface area contributed by atoms with Crippen LogP contribution >= 0.6 is 11.8 Å². The predicted molar refractivity (Wildman–Crippen MR) is 172 cm³/mol. The van der Waals surface area contributed by atoms with Crippen molar-refractivity contribution < 1.29 is 36.7 Å². The molecule has 1 amide bonds. The summed E-state index contributed by atoms with van der Waals surface area (Å²) in [5.74, 6) is -1.34. The maximum absolute atomic E-state index is 13.9. The van der Waals surface area contributed by atoms with Gasteiger partial charge in [0.2, 0.25) is 22.5 Å². The van der Waals surface area contributed by atoms with Gasteiger partial charge in [0.05, 0.1) is 22.4 Å². The number of nitrogens with zero attached hydrogens (tertiary/aromatic N) is 4. The van der Waals surface area contributed by atoms with E-state index in [2.05, 4.69) is 4.98 Å². The normalized spacial score (nSPS) is 17.4. The molecule has 5 rings (SSSR count). The van der Waals surface area contributed by atoms with E-state index in [1.807, 2.05) is 19.9 Å². The van der Waals surface area contributed by atoms with Crippen LogP contribution in [0.15, 0.2) is 70.6 Å². The first kappa shape index (κ1) is 34.0. The lowest BCUT2D eigenvalue weighted by molar-refractivity contribution is -0.143. The number of aldehydes is 1. The van der Waals surface area contributed by atoms with Crippen molar-refractivity contribution in [3.63, 3.8) is 0 Å². The number of hydrogen-bond acceptors (Lipinski definition) is 10. The molecule has 1 aliphatic rings. The molecule has 3 atom stereocenters. The Morgan fingerprint density at radius 1 is 1.13 bits per heavy atom. The van der Waals surface area contributed by atoms with E-state index < -0.39 is 31.6 Å². The molecule has 248 valence electrons. The Labute approximate surface area is 274 Å². The molecule has 1 fully saturated rings. The lowest BCUT2D eigenvalue weighted by atomic mass is 10.1. The third-order valence-electron chi connectivity index (χ3n) is 7.47. The second-order valence-corrected chi connectivity index (χ2v) is 14.5. The average Bonchev–Trinajstić information content (AvgIpc) is 3.42. The molecular formula is C32H33FN4O8S2. The lowest BCUT2D eigenvalue weighted by Gasteiger charge is -2.35. The van der Waals surface area contributed by atoms with Gasteiger partial charge in [0.25, 0.3) is 0 Å². The van der Waals surface area contributed by atoms with Gasteiger partial charge < -0.3 is 23.7 Å². The van der Waals surface area contributed by atoms with Crippen LogP contribution in [0.5, 0.6) is 5.75 Å². The fraction of sp³-hybridized carbons (Fsp3) is 0.344. The van der Waals surface area contributed by atoms with Gasteiger partial charge in [-0.25, -0.2) is 22.2 Å². The van der Waals surface area contributed by atoms with E-state index in [9.17, 15) is 32.0 Å². The Kier molecular flexibility index (Phi) is 10.3. The smallest absolute Gasteiger partial charge is 0.302 e. The molecule has 0 saturated carbocycles. The maximum atomic E-state index is 13.9. The number of thioether (sulfide) groups is 1. The standard InChI is InChI=1S/C32H33FN4O8S2/c1-20-15-36(16-21(2)45-20)27(39)17-35-11-12-37-30(40)29(44-19-22-7-5-4-6-8-22)28(34-32(35)37)31(41)46-25(18-38)13-23-9-10-24(33)14-26(23)47(3,42)43/h4-12,14,18,20-21,25H,13,15-17,19H2,1-3H3/t20-,21-,25?/m1/s1. The summed E-state index contributed by atoms with van der Waals surface area (Å²) < 4.78 is 52.7. The fourth-order valence-electron chi connectivity index (χ4n) is 5.38. The molecule has 1 unspecified atom stereocenters. The van der Waals surface area contributed by atoms with Gasteiger partial charge in [-0.1, -0.05) is 48.2 Å². The second-order valence-electron chi connectivity index (χ2n) is 11.3. The number of imidazole rings is 1. The van der Waals surface area contributed by atoms with Crippen LogP contribution in [0.1, 0.15) is 35.5 Å². The number of fused-ring (bicyclic) bond motifs is 1. The van der Waals surface area contributed by atoms with Crippen LogP contribution < -0.4 is 10.3 Å². The van der Waals surface area contributed by atoms with Crippen molar-refractivity contribution >= 4 is 44.7 Å². The van der Waals surface area contributed by atoms with Crippen molar-refractivity contribution in [2.45, 2.75) is 55.8 Å². The van der Waals surface area contributed by atoms with Gasteiger partial charge in [0.1, 0.15) is 25.3 Å². The summed E-state index contributed by atoms with van der Waals surface area (Å²) in [4.78, 5) is 58.7. The van der Waals surface area contributed by atoms with Gasteiger partial charge in [-0.3, -0.25) is 14.4 Å². The van der Waals surface area contributed by atoms with Gasteiger partial charge in [0.15, 0.2) is 15.5 Å². The number of amides is 1. The van der Waals surface area contributed by atoms with Gasteiger partial charge >= 0.3 is 5.56 Å². The monoisotopic (exact) mass is 684 g/mol. The quantitative estimate of drug-likeness (QED) is 0.216. The number of carbonyl (C=O) groups is 3. The topological polar surface area (TPSA) is 146 Å². The first-order valence-corrected chi connectivity index (χ1v) is 17.5. The molecule has 2 aromatic carbocycles. The van der Waals surface area contributed by atoms with E-state index in [1.54, 1.807) is 29.2 Å². The molecule has 4 aromatic rings. The molecular weight excluding hydrogens is 652 g/mol. The molecule has 0 spiro atoms. The molecule has 0 bridgehead atoms. The van der Waals surface area contributed by atoms with Crippen LogP contribution in [0.25, 0.3) is 5.78 Å². The number of sulfone groups is 1. The molecule has 2 aromatic heterocycles. The number of rotatable bonds is 11. The molecule has 15 heteroatoms. The first-order valence-electron chi connectivity index (χ1n) is 14.7. The summed E-state index contributed by atoms with van der Waals surface area (Å²) in [7, 11) is -3.85. The highest BCUT2D eigenvalue weighted by molar-refractivity contribution is 8.15. The minimum atomic E-state index is -3.85. The van der Waals surface area contributed by atoms with Crippen LogP contribution in [0.3, 0.4) is 0 Å². The second kappa shape index (κ2) is 14.2. The number of aromatic nitrogens is 3. The van der Waals surface area contributed by atoms with Crippen molar-refractivity contribution in [1.29, 1.82) is 0 Å². The van der Waals surface area contributed by atoms with Crippen LogP contribution in [0.4, 0.5) is 4.39 Å². The molecule has 0 radical (unpaired) electrons. The van der Waals surface area contributed by atoms with Crippen LogP contribution in [0, 0.1) is 5.82 Å². The lowest BCUT2D eigenvalue weighted by Crippen LogP contribution is -2.49. The molecule has 0 N–H and O–H groups in total. The van der Waals surface area contributed by atoms with Crippen molar-refractivity contribution in [3.05, 3.63) is 93.9 Å². The number of carbonyl (C=O) groups excluding carboxylic acids is 3. The highest BCUT2D eigenvalue weighted by Gasteiger charge is 2.29. The van der Waals surface area contributed by atoms with Gasteiger partial charge in [-0.2, -0.15) is 0 Å². The van der Waals surface area contributed by atoms with Gasteiger partial charge in [-0.15, -0.1) is 0 Å². The Bertz CT molecular complexity index is 1970. The third-order valence-corrected chi connectivity index (χ3v) is 9.63. The number of halogens is 1. The van der Waals surface area contributed by atoms with Crippen LogP contribution in [-0.4, -0.2) is 81.4 Å². The van der Waals surface area contributed by atoms with Crippen molar-refractivity contribution in [3.8, 4) is 5.75 Å². The summed E-state index contributed by atoms with van der Waals surface area (Å²) in [5.41, 5.74) is -0.202. The van der Waals surface area contributed by atoms with Crippen molar-refractivity contribution in [2.75, 3.05) is 19.3 Å². The maximum Gasteiger partial charge on any atom is 0.302 e. The largest absolute Gasteiger partial charge is 0.481 e. The van der Waals surface area contributed by atoms with Gasteiger partial charge in [-0.05, 0) is 43.5 Å². The van der Waals surface area contributed by atoms with E-state index in [-0.39, 0.29) is 65.4 Å². The summed E-state index contributed by atoms with van der Waals surface area (Å²) in [6.45, 7) is 4.32. The predicted octanol–water partition coefficient (Wildman–Crippen LogP) is 2.94. The van der Waals surface area contributed by atoms with Crippen molar-refractivity contribution in [1.82, 2.24) is 18.9 Å². The number of morpholine rings is 1. The molecule has 1 saturated heterocycles. The SMILES string of the molecule is C[C@@H]1CN(C(=O)Cn2ccn3c(=O)c(OCc4ccccc4)c(C(=O)SC(C=O)Cc4ccc(F)cc4S(C)(=O)=O)nc23)C[C@@H](C)O1. The molecule has 47 heavy (non-hydrogen) atoms. The molecule has 12 nitrogen and oxygen atoms in total. The zero-order chi connectivity index (χ0) is 33.9. The Morgan fingerprint density at radius 3 is 2.49 bits per heavy atom. The van der Waals surface area contributed by atoms with Crippen LogP contribution in [-0.2, 0) is 43.7 Å². The number of hydrogen-bond donors (Lipinski definition) is 0. The van der Waals surface area contributed by atoms with E-state index in [4.69, 9.17) is 9.47 Å².